The van der Waals surface area contributed by atoms with Gasteiger partial charge in [0, 0.05) is 48.9 Å². The topological polar surface area (TPSA) is 54.4 Å². The molecule has 3 nitrogen and oxygen atoms in total. The third kappa shape index (κ3) is 50.2. The number of rotatable bonds is 0. The Morgan fingerprint density at radius 3 is 1.50 bits per heavy atom. The van der Waals surface area contributed by atoms with Crippen molar-refractivity contribution >= 4 is 59.0 Å². The van der Waals surface area contributed by atoms with Crippen LogP contribution in [0.2, 0.25) is 0 Å². The molecule has 0 aromatic heterocycles. The smallest absolute Gasteiger partial charge is 0.261 e. The quantitative estimate of drug-likeness (QED) is 0.437. The summed E-state index contributed by atoms with van der Waals surface area (Å²) in [5.74, 6) is 0. The van der Waals surface area contributed by atoms with E-state index in [1.807, 2.05) is 0 Å². The van der Waals surface area contributed by atoms with Crippen molar-refractivity contribution < 1.29 is 13.0 Å². The van der Waals surface area contributed by atoms with Gasteiger partial charge in [0.05, 0.1) is 6.26 Å². The summed E-state index contributed by atoms with van der Waals surface area (Å²) in [7, 11) is -3.67. The Bertz CT molecular complexity index is 94.0. The maximum atomic E-state index is 9.19. The standard InChI is InChI=1S/CH4O3S.Ba/c1-5(2,3)4;/h1H3,(H,2,3,4);. The van der Waals surface area contributed by atoms with Gasteiger partial charge in [-0.1, -0.05) is 0 Å². The van der Waals surface area contributed by atoms with Gasteiger partial charge in [0.25, 0.3) is 10.1 Å². The van der Waals surface area contributed by atoms with Gasteiger partial charge in [-0.2, -0.15) is 8.42 Å². The molecule has 0 atom stereocenters. The van der Waals surface area contributed by atoms with Crippen molar-refractivity contribution in [1.29, 1.82) is 0 Å². The summed E-state index contributed by atoms with van der Waals surface area (Å²) in [5, 5.41) is 0. The van der Waals surface area contributed by atoms with Crippen molar-refractivity contribution in [3.63, 3.8) is 0 Å². The Hall–Kier alpha value is 1.48. The minimum absolute atomic E-state index is 0. The molecule has 0 saturated carbocycles. The Kier molecular flexibility index (Phi) is 6.07. The van der Waals surface area contributed by atoms with Gasteiger partial charge >= 0.3 is 0 Å². The Balaban J connectivity index is 0. The van der Waals surface area contributed by atoms with Crippen LogP contribution < -0.4 is 0 Å². The summed E-state index contributed by atoms with van der Waals surface area (Å²) >= 11 is 0. The fourth-order valence-corrected chi connectivity index (χ4v) is 0. The first-order valence-corrected chi connectivity index (χ1v) is 2.77. The molecule has 0 saturated heterocycles. The Morgan fingerprint density at radius 2 is 1.50 bits per heavy atom. The Labute approximate surface area is 76.9 Å². The molecule has 0 rings (SSSR count). The first-order valence-electron chi connectivity index (χ1n) is 0.924. The van der Waals surface area contributed by atoms with Crippen LogP contribution in [0.15, 0.2) is 0 Å². The van der Waals surface area contributed by atoms with E-state index in [4.69, 9.17) is 4.55 Å². The molecule has 0 fully saturated rings. The SMILES string of the molecule is CS(=O)(=O)O.[Ba]. The summed E-state index contributed by atoms with van der Waals surface area (Å²) in [6, 6.07) is 0. The molecule has 1 N–H and O–H groups in total. The third-order valence-corrected chi connectivity index (χ3v) is 0. The maximum Gasteiger partial charge on any atom is 0.261 e. The summed E-state index contributed by atoms with van der Waals surface area (Å²) < 4.78 is 25.9. The minimum atomic E-state index is -3.67. The molecule has 0 amide bonds. The van der Waals surface area contributed by atoms with E-state index in [1.54, 1.807) is 0 Å². The normalized spacial score (nSPS) is 9.67. The molecule has 0 heterocycles. The van der Waals surface area contributed by atoms with Crippen LogP contribution in [-0.2, 0) is 10.1 Å². The fraction of sp³-hybridized carbons (Fsp3) is 1.00. The van der Waals surface area contributed by atoms with E-state index in [2.05, 4.69) is 0 Å². The largest absolute Gasteiger partial charge is 0.286 e. The summed E-state index contributed by atoms with van der Waals surface area (Å²) in [6.07, 6.45) is 0.715. The minimum Gasteiger partial charge on any atom is -0.286 e. The van der Waals surface area contributed by atoms with E-state index in [-0.39, 0.29) is 48.9 Å². The van der Waals surface area contributed by atoms with Gasteiger partial charge in [-0.25, -0.2) is 0 Å². The molecule has 5 heteroatoms. The van der Waals surface area contributed by atoms with Crippen molar-refractivity contribution in [3.05, 3.63) is 0 Å². The van der Waals surface area contributed by atoms with E-state index in [0.29, 0.717) is 6.26 Å². The molecule has 34 valence electrons. The third-order valence-electron chi connectivity index (χ3n) is 0. The second kappa shape index (κ2) is 3.48. The van der Waals surface area contributed by atoms with Crippen molar-refractivity contribution in [2.24, 2.45) is 0 Å². The number of hydrogen-bond donors (Lipinski definition) is 1. The fourth-order valence-electron chi connectivity index (χ4n) is 0. The van der Waals surface area contributed by atoms with E-state index in [1.165, 1.54) is 0 Å². The van der Waals surface area contributed by atoms with Crippen LogP contribution in [0.4, 0.5) is 0 Å². The molecule has 2 radical (unpaired) electrons. The van der Waals surface area contributed by atoms with Crippen molar-refractivity contribution in [2.45, 2.75) is 0 Å². The van der Waals surface area contributed by atoms with Crippen LogP contribution in [0.5, 0.6) is 0 Å². The molecule has 0 unspecified atom stereocenters. The first-order chi connectivity index (χ1) is 2.00. The molecule has 0 aliphatic carbocycles. The molecule has 0 aromatic carbocycles. The van der Waals surface area contributed by atoms with Crippen molar-refractivity contribution in [3.8, 4) is 0 Å². The zero-order chi connectivity index (χ0) is 4.50. The Morgan fingerprint density at radius 1 is 1.50 bits per heavy atom. The predicted octanol–water partition coefficient (Wildman–Crippen LogP) is -0.877. The van der Waals surface area contributed by atoms with Gasteiger partial charge in [0.2, 0.25) is 0 Å². The zero-order valence-corrected chi connectivity index (χ0v) is 8.64. The summed E-state index contributed by atoms with van der Waals surface area (Å²) in [5.41, 5.74) is 0. The molecule has 0 spiro atoms. The van der Waals surface area contributed by atoms with Crippen LogP contribution in [0, 0.1) is 0 Å². The van der Waals surface area contributed by atoms with Gasteiger partial charge in [-0.3, -0.25) is 4.55 Å². The molecular weight excluding hydrogens is 229 g/mol. The molecule has 0 bridgehead atoms. The monoisotopic (exact) mass is 234 g/mol. The van der Waals surface area contributed by atoms with Gasteiger partial charge in [0.1, 0.15) is 0 Å². The van der Waals surface area contributed by atoms with E-state index in [0.717, 1.165) is 0 Å². The molecule has 0 aliphatic rings. The van der Waals surface area contributed by atoms with Crippen LogP contribution in [-0.4, -0.2) is 68.1 Å². The molecular formula is CH4BaO3S. The van der Waals surface area contributed by atoms with Crippen LogP contribution >= 0.6 is 0 Å². The number of hydrogen-bond acceptors (Lipinski definition) is 2. The van der Waals surface area contributed by atoms with Crippen LogP contribution in [0.3, 0.4) is 0 Å². The first kappa shape index (κ1) is 10.5. The van der Waals surface area contributed by atoms with Gasteiger partial charge in [-0.05, 0) is 0 Å². The molecule has 6 heavy (non-hydrogen) atoms. The molecule has 0 aliphatic heterocycles. The average molecular weight is 233 g/mol. The van der Waals surface area contributed by atoms with Crippen LogP contribution in [0.1, 0.15) is 0 Å². The predicted molar refractivity (Wildman–Crippen MR) is 23.2 cm³/mol. The van der Waals surface area contributed by atoms with Crippen LogP contribution in [0.25, 0.3) is 0 Å². The van der Waals surface area contributed by atoms with E-state index >= 15 is 0 Å². The summed E-state index contributed by atoms with van der Waals surface area (Å²) in [4.78, 5) is 0. The van der Waals surface area contributed by atoms with Gasteiger partial charge in [-0.15, -0.1) is 0 Å². The van der Waals surface area contributed by atoms with E-state index < -0.39 is 10.1 Å². The zero-order valence-electron chi connectivity index (χ0n) is 3.38. The van der Waals surface area contributed by atoms with Gasteiger partial charge in [0.15, 0.2) is 0 Å². The van der Waals surface area contributed by atoms with Gasteiger partial charge < -0.3 is 0 Å². The molecule has 0 aromatic rings. The van der Waals surface area contributed by atoms with E-state index in [9.17, 15) is 8.42 Å². The second-order valence-corrected chi connectivity index (χ2v) is 2.20. The second-order valence-electron chi connectivity index (χ2n) is 0.733. The van der Waals surface area contributed by atoms with Crippen molar-refractivity contribution in [1.82, 2.24) is 0 Å². The maximum absolute atomic E-state index is 9.19. The van der Waals surface area contributed by atoms with Crippen molar-refractivity contribution in [2.75, 3.05) is 6.26 Å². The average Bonchev–Trinajstić information content (AvgIpc) is 0.722. The summed E-state index contributed by atoms with van der Waals surface area (Å²) in [6.45, 7) is 0.